The lowest BCUT2D eigenvalue weighted by molar-refractivity contribution is -0.123. The lowest BCUT2D eigenvalue weighted by atomic mass is 10.1. The van der Waals surface area contributed by atoms with Gasteiger partial charge in [-0.3, -0.25) is 4.79 Å². The lowest BCUT2D eigenvalue weighted by Crippen LogP contribution is -2.36. The summed E-state index contributed by atoms with van der Waals surface area (Å²) in [5, 5.41) is 2.92. The van der Waals surface area contributed by atoms with Gasteiger partial charge in [-0.1, -0.05) is 60.7 Å². The average Bonchev–Trinajstić information content (AvgIpc) is 2.82. The van der Waals surface area contributed by atoms with Gasteiger partial charge in [-0.15, -0.1) is 0 Å². The number of hydrogen-bond acceptors (Lipinski definition) is 4. The molecule has 0 fully saturated rings. The van der Waals surface area contributed by atoms with Crippen molar-refractivity contribution in [2.24, 2.45) is 0 Å². The molecule has 168 valence electrons. The summed E-state index contributed by atoms with van der Waals surface area (Å²) in [6, 6.07) is 25.5. The summed E-state index contributed by atoms with van der Waals surface area (Å²) in [4.78, 5) is 12.3. The van der Waals surface area contributed by atoms with Crippen LogP contribution in [-0.2, 0) is 27.8 Å². The molecule has 6 nitrogen and oxygen atoms in total. The minimum Gasteiger partial charge on any atom is -0.484 e. The molecule has 0 bridgehead atoms. The van der Waals surface area contributed by atoms with Gasteiger partial charge in [0.15, 0.2) is 6.61 Å². The van der Waals surface area contributed by atoms with Crippen molar-refractivity contribution in [3.05, 3.63) is 96.1 Å². The van der Waals surface area contributed by atoms with E-state index >= 15 is 0 Å². The number of carbonyl (C=O) groups is 1. The Morgan fingerprint density at radius 2 is 1.47 bits per heavy atom. The minimum atomic E-state index is -3.64. The molecule has 3 aromatic rings. The summed E-state index contributed by atoms with van der Waals surface area (Å²) in [5.41, 5.74) is 2.11. The Labute approximate surface area is 189 Å². The van der Waals surface area contributed by atoms with Gasteiger partial charge < -0.3 is 10.1 Å². The molecule has 0 spiro atoms. The Kier molecular flexibility index (Phi) is 8.41. The predicted molar refractivity (Wildman–Crippen MR) is 125 cm³/mol. The summed E-state index contributed by atoms with van der Waals surface area (Å²) in [7, 11) is -3.64. The number of carbonyl (C=O) groups excluding carboxylic acids is 1. The van der Waals surface area contributed by atoms with E-state index in [0.29, 0.717) is 5.75 Å². The van der Waals surface area contributed by atoms with Crippen LogP contribution < -0.4 is 14.8 Å². The molecule has 0 aliphatic carbocycles. The number of amides is 1. The summed E-state index contributed by atoms with van der Waals surface area (Å²) >= 11 is 0. The fourth-order valence-corrected chi connectivity index (χ4v) is 4.16. The molecule has 0 aliphatic rings. The highest BCUT2D eigenvalue weighted by atomic mass is 32.2. The Morgan fingerprint density at radius 3 is 2.09 bits per heavy atom. The molecule has 32 heavy (non-hydrogen) atoms. The maximum Gasteiger partial charge on any atom is 0.258 e. The zero-order valence-electron chi connectivity index (χ0n) is 18.0. The van der Waals surface area contributed by atoms with Crippen molar-refractivity contribution in [2.75, 3.05) is 6.61 Å². The Morgan fingerprint density at radius 1 is 0.875 bits per heavy atom. The van der Waals surface area contributed by atoms with Gasteiger partial charge in [0, 0.05) is 12.6 Å². The molecule has 0 saturated heterocycles. The first-order valence-corrected chi connectivity index (χ1v) is 12.0. The summed E-state index contributed by atoms with van der Waals surface area (Å²) in [6.45, 7) is 2.04. The third kappa shape index (κ3) is 7.51. The predicted octanol–water partition coefficient (Wildman–Crippen LogP) is 3.68. The fourth-order valence-electron chi connectivity index (χ4n) is 3.14. The zero-order chi connectivity index (χ0) is 22.8. The fraction of sp³-hybridized carbons (Fsp3) is 0.240. The van der Waals surface area contributed by atoms with Gasteiger partial charge in [-0.25, -0.2) is 13.1 Å². The lowest BCUT2D eigenvalue weighted by Gasteiger charge is -2.14. The Balaban J connectivity index is 1.43. The molecule has 0 aliphatic heterocycles. The number of rotatable bonds is 11. The van der Waals surface area contributed by atoms with E-state index in [1.807, 2.05) is 55.5 Å². The monoisotopic (exact) mass is 452 g/mol. The van der Waals surface area contributed by atoms with Crippen LogP contribution in [0.1, 0.15) is 24.5 Å². The Hall–Kier alpha value is -3.16. The first-order valence-electron chi connectivity index (χ1n) is 10.5. The van der Waals surface area contributed by atoms with E-state index in [1.165, 1.54) is 17.7 Å². The highest BCUT2D eigenvalue weighted by Crippen LogP contribution is 2.16. The van der Waals surface area contributed by atoms with Crippen LogP contribution in [0.5, 0.6) is 5.75 Å². The van der Waals surface area contributed by atoms with Crippen LogP contribution in [0.3, 0.4) is 0 Å². The van der Waals surface area contributed by atoms with Gasteiger partial charge in [0.05, 0.1) is 4.90 Å². The topological polar surface area (TPSA) is 84.5 Å². The molecule has 0 unspecified atom stereocenters. The standard InChI is InChI=1S/C25H28N2O4S/c1-20(12-13-21-8-4-2-5-9-21)27-25(28)19-31-23-14-16-24(17-15-23)32(29,30)26-18-22-10-6-3-7-11-22/h2-11,14-17,20,26H,12-13,18-19H2,1H3,(H,27,28)/t20-/m0/s1. The molecular weight excluding hydrogens is 424 g/mol. The molecule has 0 radical (unpaired) electrons. The number of nitrogens with one attached hydrogen (secondary N) is 2. The molecule has 0 saturated carbocycles. The van der Waals surface area contributed by atoms with Crippen molar-refractivity contribution in [3.63, 3.8) is 0 Å². The first kappa shape index (κ1) is 23.5. The van der Waals surface area contributed by atoms with E-state index in [4.69, 9.17) is 4.74 Å². The second-order valence-electron chi connectivity index (χ2n) is 7.56. The van der Waals surface area contributed by atoms with Crippen molar-refractivity contribution in [1.82, 2.24) is 10.0 Å². The van der Waals surface area contributed by atoms with Gasteiger partial charge in [-0.2, -0.15) is 0 Å². The summed E-state index contributed by atoms with van der Waals surface area (Å²) < 4.78 is 33.0. The van der Waals surface area contributed by atoms with Crippen molar-refractivity contribution in [1.29, 1.82) is 0 Å². The van der Waals surface area contributed by atoms with E-state index in [2.05, 4.69) is 22.2 Å². The van der Waals surface area contributed by atoms with Gasteiger partial charge in [0.1, 0.15) is 5.75 Å². The molecule has 2 N–H and O–H groups in total. The van der Waals surface area contributed by atoms with Crippen LogP contribution in [0, 0.1) is 0 Å². The van der Waals surface area contributed by atoms with E-state index in [-0.39, 0.29) is 30.0 Å². The number of hydrogen-bond donors (Lipinski definition) is 2. The highest BCUT2D eigenvalue weighted by Gasteiger charge is 2.14. The molecule has 7 heteroatoms. The number of benzene rings is 3. The largest absolute Gasteiger partial charge is 0.484 e. The average molecular weight is 453 g/mol. The molecule has 1 atom stereocenters. The van der Waals surface area contributed by atoms with E-state index < -0.39 is 10.0 Å². The van der Waals surface area contributed by atoms with Gasteiger partial charge in [-0.05, 0) is 55.2 Å². The molecule has 1 amide bonds. The molecule has 0 aromatic heterocycles. The second-order valence-corrected chi connectivity index (χ2v) is 9.33. The smallest absolute Gasteiger partial charge is 0.258 e. The highest BCUT2D eigenvalue weighted by molar-refractivity contribution is 7.89. The van der Waals surface area contributed by atoms with E-state index in [1.54, 1.807) is 12.1 Å². The van der Waals surface area contributed by atoms with Crippen LogP contribution in [-0.4, -0.2) is 27.0 Å². The van der Waals surface area contributed by atoms with Crippen molar-refractivity contribution in [2.45, 2.75) is 37.2 Å². The van der Waals surface area contributed by atoms with Crippen molar-refractivity contribution in [3.8, 4) is 5.75 Å². The maximum atomic E-state index is 12.5. The van der Waals surface area contributed by atoms with E-state index in [0.717, 1.165) is 18.4 Å². The SMILES string of the molecule is C[C@@H](CCc1ccccc1)NC(=O)COc1ccc(S(=O)(=O)NCc2ccccc2)cc1. The van der Waals surface area contributed by atoms with Crippen LogP contribution >= 0.6 is 0 Å². The molecule has 0 heterocycles. The maximum absolute atomic E-state index is 12.5. The van der Waals surface area contributed by atoms with Crippen LogP contribution in [0.2, 0.25) is 0 Å². The van der Waals surface area contributed by atoms with Crippen LogP contribution in [0.4, 0.5) is 0 Å². The number of ether oxygens (including phenoxy) is 1. The zero-order valence-corrected chi connectivity index (χ0v) is 18.8. The summed E-state index contributed by atoms with van der Waals surface area (Å²) in [5.74, 6) is 0.214. The minimum absolute atomic E-state index is 0.0227. The van der Waals surface area contributed by atoms with E-state index in [9.17, 15) is 13.2 Å². The molecular formula is C25H28N2O4S. The quantitative estimate of drug-likeness (QED) is 0.465. The third-order valence-electron chi connectivity index (χ3n) is 4.93. The van der Waals surface area contributed by atoms with Gasteiger partial charge in [0.2, 0.25) is 10.0 Å². The number of aryl methyl sites for hydroxylation is 1. The third-order valence-corrected chi connectivity index (χ3v) is 6.35. The van der Waals surface area contributed by atoms with Crippen LogP contribution in [0.15, 0.2) is 89.8 Å². The van der Waals surface area contributed by atoms with Gasteiger partial charge >= 0.3 is 0 Å². The molecule has 3 rings (SSSR count). The normalized spacial score (nSPS) is 12.2. The first-order chi connectivity index (χ1) is 15.4. The van der Waals surface area contributed by atoms with Crippen molar-refractivity contribution < 1.29 is 17.9 Å². The van der Waals surface area contributed by atoms with Crippen molar-refractivity contribution >= 4 is 15.9 Å². The van der Waals surface area contributed by atoms with Gasteiger partial charge in [0.25, 0.3) is 5.91 Å². The molecule has 3 aromatic carbocycles. The second kappa shape index (κ2) is 11.5. The summed E-state index contributed by atoms with van der Waals surface area (Å²) in [6.07, 6.45) is 1.72. The number of sulfonamides is 1. The van der Waals surface area contributed by atoms with Crippen LogP contribution in [0.25, 0.3) is 0 Å². The Bertz CT molecular complexity index is 1090.